The maximum atomic E-state index is 13.8. The fourth-order valence-electron chi connectivity index (χ4n) is 4.76. The van der Waals surface area contributed by atoms with E-state index in [1.807, 2.05) is 87.5 Å². The molecule has 0 saturated heterocycles. The highest BCUT2D eigenvalue weighted by Gasteiger charge is 2.40. The molecule has 0 aliphatic heterocycles. The molecule has 0 heterocycles. The Morgan fingerprint density at radius 3 is 1.62 bits per heavy atom. The van der Waals surface area contributed by atoms with Crippen molar-refractivity contribution >= 4 is 5.97 Å². The first-order valence-electron chi connectivity index (χ1n) is 13.3. The van der Waals surface area contributed by atoms with Gasteiger partial charge in [0.15, 0.2) is 0 Å². The summed E-state index contributed by atoms with van der Waals surface area (Å²) in [5, 5.41) is 3.78. The van der Waals surface area contributed by atoms with E-state index in [1.54, 1.807) is 12.1 Å². The fourth-order valence-corrected chi connectivity index (χ4v) is 4.76. The predicted octanol–water partition coefficient (Wildman–Crippen LogP) is 6.87. The molecule has 1 atom stereocenters. The molecule has 4 aromatic carbocycles. The Labute approximate surface area is 230 Å². The first kappa shape index (κ1) is 28.1. The molecule has 0 spiro atoms. The lowest BCUT2D eigenvalue weighted by molar-refractivity contribution is -0.157. The van der Waals surface area contributed by atoms with Gasteiger partial charge in [0.1, 0.15) is 30.7 Å². The monoisotopic (exact) mass is 525 g/mol. The van der Waals surface area contributed by atoms with Crippen LogP contribution in [0.15, 0.2) is 115 Å². The Morgan fingerprint density at radius 2 is 1.21 bits per heavy atom. The van der Waals surface area contributed by atoms with E-state index in [0.29, 0.717) is 12.2 Å². The zero-order chi connectivity index (χ0) is 27.7. The third kappa shape index (κ3) is 7.12. The number of hydrogen-bond donors (Lipinski definition) is 1. The first-order chi connectivity index (χ1) is 18.8. The second-order valence-electron chi connectivity index (χ2n) is 10.5. The number of rotatable bonds is 11. The molecule has 1 unspecified atom stereocenters. The molecule has 5 heteroatoms. The Balaban J connectivity index is 1.82. The molecular formula is C34H36FNO3. The molecule has 1 N–H and O–H groups in total. The van der Waals surface area contributed by atoms with E-state index in [0.717, 1.165) is 22.3 Å². The summed E-state index contributed by atoms with van der Waals surface area (Å²) in [4.78, 5) is 13.8. The summed E-state index contributed by atoms with van der Waals surface area (Å²) in [6.07, 6.45) is 0.382. The molecule has 0 saturated carbocycles. The van der Waals surface area contributed by atoms with Crippen molar-refractivity contribution in [3.05, 3.63) is 138 Å². The van der Waals surface area contributed by atoms with Crippen molar-refractivity contribution in [3.8, 4) is 5.75 Å². The lowest BCUT2D eigenvalue weighted by Gasteiger charge is -2.40. The van der Waals surface area contributed by atoms with Crippen LogP contribution in [0.1, 0.15) is 43.0 Å². The van der Waals surface area contributed by atoms with E-state index in [-0.39, 0.29) is 12.6 Å². The van der Waals surface area contributed by atoms with Crippen molar-refractivity contribution in [2.24, 2.45) is 0 Å². The van der Waals surface area contributed by atoms with Crippen molar-refractivity contribution in [2.45, 2.75) is 44.4 Å². The SMILES string of the molecule is CC(C)(C)OC(=O)C(Cc1ccc(OCCF)cc1)NC(c1ccccc1)(c1ccccc1)c1ccccc1. The van der Waals surface area contributed by atoms with Crippen LogP contribution in [-0.2, 0) is 21.5 Å². The number of halogens is 1. The first-order valence-corrected chi connectivity index (χ1v) is 13.3. The van der Waals surface area contributed by atoms with Crippen molar-refractivity contribution in [1.82, 2.24) is 5.32 Å². The Kier molecular flexibility index (Phi) is 9.15. The molecule has 0 bridgehead atoms. The molecule has 0 fully saturated rings. The van der Waals surface area contributed by atoms with Gasteiger partial charge >= 0.3 is 5.97 Å². The van der Waals surface area contributed by atoms with Gasteiger partial charge in [-0.05, 0) is 61.6 Å². The number of benzene rings is 4. The molecule has 0 aliphatic carbocycles. The van der Waals surface area contributed by atoms with Gasteiger partial charge in [0, 0.05) is 0 Å². The van der Waals surface area contributed by atoms with E-state index in [4.69, 9.17) is 9.47 Å². The van der Waals surface area contributed by atoms with Crippen LogP contribution in [0.5, 0.6) is 5.75 Å². The average molecular weight is 526 g/mol. The molecular weight excluding hydrogens is 489 g/mol. The van der Waals surface area contributed by atoms with Crippen molar-refractivity contribution in [2.75, 3.05) is 13.3 Å². The second-order valence-corrected chi connectivity index (χ2v) is 10.5. The summed E-state index contributed by atoms with van der Waals surface area (Å²) in [5.41, 5.74) is 2.45. The number of esters is 1. The van der Waals surface area contributed by atoms with E-state index >= 15 is 0 Å². The largest absolute Gasteiger partial charge is 0.491 e. The van der Waals surface area contributed by atoms with Crippen LogP contribution in [-0.4, -0.2) is 30.9 Å². The minimum absolute atomic E-state index is 0.00911. The van der Waals surface area contributed by atoms with Crippen LogP contribution in [0.25, 0.3) is 0 Å². The van der Waals surface area contributed by atoms with Gasteiger partial charge in [-0.1, -0.05) is 103 Å². The van der Waals surface area contributed by atoms with E-state index in [9.17, 15) is 9.18 Å². The van der Waals surface area contributed by atoms with Gasteiger partial charge < -0.3 is 9.47 Å². The molecule has 0 radical (unpaired) electrons. The van der Waals surface area contributed by atoms with E-state index in [2.05, 4.69) is 41.7 Å². The number of carbonyl (C=O) groups excluding carboxylic acids is 1. The molecule has 202 valence electrons. The third-order valence-electron chi connectivity index (χ3n) is 6.41. The highest BCUT2D eigenvalue weighted by Crippen LogP contribution is 2.37. The second kappa shape index (κ2) is 12.7. The predicted molar refractivity (Wildman–Crippen MR) is 154 cm³/mol. The smallest absolute Gasteiger partial charge is 0.324 e. The number of hydrogen-bond acceptors (Lipinski definition) is 4. The van der Waals surface area contributed by atoms with Gasteiger partial charge in [-0.3, -0.25) is 10.1 Å². The Hall–Kier alpha value is -3.96. The molecule has 0 aromatic heterocycles. The molecule has 4 nitrogen and oxygen atoms in total. The molecule has 39 heavy (non-hydrogen) atoms. The fraction of sp³-hybridized carbons (Fsp3) is 0.265. The third-order valence-corrected chi connectivity index (χ3v) is 6.41. The number of carbonyl (C=O) groups is 1. The lowest BCUT2D eigenvalue weighted by atomic mass is 9.76. The average Bonchev–Trinajstić information content (AvgIpc) is 2.95. The molecule has 4 aromatic rings. The van der Waals surface area contributed by atoms with Gasteiger partial charge in [0.2, 0.25) is 0 Å². The molecule has 4 rings (SSSR count). The summed E-state index contributed by atoms with van der Waals surface area (Å²) in [5.74, 6) is 0.248. The Morgan fingerprint density at radius 1 is 0.744 bits per heavy atom. The molecule has 0 amide bonds. The summed E-state index contributed by atoms with van der Waals surface area (Å²) >= 11 is 0. The normalized spacial score (nSPS) is 12.5. The highest BCUT2D eigenvalue weighted by atomic mass is 19.1. The number of ether oxygens (including phenoxy) is 2. The lowest BCUT2D eigenvalue weighted by Crippen LogP contribution is -2.54. The van der Waals surface area contributed by atoms with Crippen LogP contribution in [0.2, 0.25) is 0 Å². The van der Waals surface area contributed by atoms with Gasteiger partial charge in [-0.15, -0.1) is 0 Å². The van der Waals surface area contributed by atoms with Crippen LogP contribution in [0, 0.1) is 0 Å². The van der Waals surface area contributed by atoms with Crippen LogP contribution < -0.4 is 10.1 Å². The maximum Gasteiger partial charge on any atom is 0.324 e. The maximum absolute atomic E-state index is 13.8. The number of nitrogens with one attached hydrogen (secondary N) is 1. The quantitative estimate of drug-likeness (QED) is 0.172. The number of alkyl halides is 1. The summed E-state index contributed by atoms with van der Waals surface area (Å²) < 4.78 is 23.9. The van der Waals surface area contributed by atoms with Gasteiger partial charge in [-0.2, -0.15) is 0 Å². The van der Waals surface area contributed by atoms with Crippen LogP contribution in [0.4, 0.5) is 4.39 Å². The standard InChI is InChI=1S/C34H36FNO3/c1-33(2,3)39-32(37)31(25-26-19-21-30(22-20-26)38-24-23-35)36-34(27-13-7-4-8-14-27,28-15-9-5-10-16-28)29-17-11-6-12-18-29/h4-22,31,36H,23-25H2,1-3H3. The van der Waals surface area contributed by atoms with Crippen molar-refractivity contribution in [3.63, 3.8) is 0 Å². The minimum atomic E-state index is -0.838. The zero-order valence-electron chi connectivity index (χ0n) is 22.8. The van der Waals surface area contributed by atoms with E-state index in [1.165, 1.54) is 0 Å². The van der Waals surface area contributed by atoms with Crippen molar-refractivity contribution < 1.29 is 18.7 Å². The molecule has 0 aliphatic rings. The van der Waals surface area contributed by atoms with Gasteiger partial charge in [0.05, 0.1) is 5.54 Å². The van der Waals surface area contributed by atoms with Crippen LogP contribution in [0.3, 0.4) is 0 Å². The van der Waals surface area contributed by atoms with E-state index < -0.39 is 23.9 Å². The summed E-state index contributed by atoms with van der Waals surface area (Å²) in [6.45, 7) is 5.08. The zero-order valence-corrected chi connectivity index (χ0v) is 22.8. The highest BCUT2D eigenvalue weighted by molar-refractivity contribution is 5.77. The van der Waals surface area contributed by atoms with Crippen LogP contribution >= 0.6 is 0 Å². The van der Waals surface area contributed by atoms with Crippen molar-refractivity contribution in [1.29, 1.82) is 0 Å². The summed E-state index contributed by atoms with van der Waals surface area (Å²) in [6, 6.07) is 37.2. The summed E-state index contributed by atoms with van der Waals surface area (Å²) in [7, 11) is 0. The minimum Gasteiger partial charge on any atom is -0.491 e. The Bertz CT molecular complexity index is 1210. The van der Waals surface area contributed by atoms with Gasteiger partial charge in [0.25, 0.3) is 0 Å². The van der Waals surface area contributed by atoms with Gasteiger partial charge in [-0.25, -0.2) is 4.39 Å². The topological polar surface area (TPSA) is 47.6 Å².